The molecular formula is C18H17FN6OS. The van der Waals surface area contributed by atoms with Gasteiger partial charge >= 0.3 is 0 Å². The van der Waals surface area contributed by atoms with Crippen LogP contribution in [-0.4, -0.2) is 37.6 Å². The molecule has 1 N–H and O–H groups in total. The first-order valence-electron chi connectivity index (χ1n) is 8.82. The van der Waals surface area contributed by atoms with E-state index in [-0.39, 0.29) is 11.6 Å². The largest absolute Gasteiger partial charge is 0.317 e. The van der Waals surface area contributed by atoms with Gasteiger partial charge in [0.05, 0.1) is 12.2 Å². The zero-order valence-electron chi connectivity index (χ0n) is 14.6. The third-order valence-electron chi connectivity index (χ3n) is 4.94. The predicted molar refractivity (Wildman–Crippen MR) is 102 cm³/mol. The number of aryl methyl sites for hydroxylation is 1. The van der Waals surface area contributed by atoms with Crippen LogP contribution in [0.1, 0.15) is 18.9 Å². The number of rotatable bonds is 2. The van der Waals surface area contributed by atoms with Gasteiger partial charge in [-0.1, -0.05) is 0 Å². The Bertz CT molecular complexity index is 1220. The molecule has 1 aliphatic rings. The standard InChI is InChI=1S/C18H17FN6OS/c1-24-9-11-6-10(7-13(19)15(11)23-24)17-22-14-8-21-25(18(26)16(14)27-17)12-2-4-20-5-3-12/h6-9,12,20H,2-5H2,1H3. The molecule has 0 unspecified atom stereocenters. The van der Waals surface area contributed by atoms with E-state index < -0.39 is 5.82 Å². The molecule has 27 heavy (non-hydrogen) atoms. The maximum absolute atomic E-state index is 14.4. The number of nitrogens with one attached hydrogen (secondary N) is 1. The maximum atomic E-state index is 14.4. The molecule has 0 spiro atoms. The second-order valence-electron chi connectivity index (χ2n) is 6.81. The fourth-order valence-electron chi connectivity index (χ4n) is 3.62. The van der Waals surface area contributed by atoms with Crippen molar-refractivity contribution in [2.24, 2.45) is 7.05 Å². The summed E-state index contributed by atoms with van der Waals surface area (Å²) in [7, 11) is 1.76. The van der Waals surface area contributed by atoms with E-state index in [4.69, 9.17) is 0 Å². The summed E-state index contributed by atoms with van der Waals surface area (Å²) in [5.41, 5.74) is 1.40. The molecule has 7 nitrogen and oxygen atoms in total. The number of benzene rings is 1. The Morgan fingerprint density at radius 1 is 1.30 bits per heavy atom. The lowest BCUT2D eigenvalue weighted by molar-refractivity contribution is 0.333. The summed E-state index contributed by atoms with van der Waals surface area (Å²) in [4.78, 5) is 17.4. The first kappa shape index (κ1) is 16.5. The van der Waals surface area contributed by atoms with Crippen molar-refractivity contribution in [2.45, 2.75) is 18.9 Å². The zero-order valence-corrected chi connectivity index (χ0v) is 15.5. The van der Waals surface area contributed by atoms with E-state index in [1.165, 1.54) is 17.4 Å². The quantitative estimate of drug-likeness (QED) is 0.574. The number of nitrogens with zero attached hydrogens (tertiary/aromatic N) is 5. The van der Waals surface area contributed by atoms with Crippen LogP contribution in [0.5, 0.6) is 0 Å². The van der Waals surface area contributed by atoms with Crippen LogP contribution in [0.4, 0.5) is 4.39 Å². The van der Waals surface area contributed by atoms with Gasteiger partial charge in [-0.3, -0.25) is 9.48 Å². The molecule has 0 amide bonds. The Morgan fingerprint density at radius 2 is 2.11 bits per heavy atom. The van der Waals surface area contributed by atoms with E-state index in [0.717, 1.165) is 25.9 Å². The highest BCUT2D eigenvalue weighted by Gasteiger charge is 2.20. The Labute approximate surface area is 157 Å². The van der Waals surface area contributed by atoms with Crippen LogP contribution in [0, 0.1) is 5.82 Å². The number of piperidine rings is 1. The minimum absolute atomic E-state index is 0.109. The highest BCUT2D eigenvalue weighted by molar-refractivity contribution is 7.21. The molecule has 1 aromatic carbocycles. The average Bonchev–Trinajstić information content (AvgIpc) is 3.26. The van der Waals surface area contributed by atoms with Gasteiger partial charge in [0, 0.05) is 24.2 Å². The van der Waals surface area contributed by atoms with Gasteiger partial charge in [-0.05, 0) is 38.1 Å². The summed E-state index contributed by atoms with van der Waals surface area (Å²) in [6, 6.07) is 3.38. The van der Waals surface area contributed by atoms with Gasteiger partial charge in [0.1, 0.15) is 20.7 Å². The third-order valence-corrected chi connectivity index (χ3v) is 6.05. The first-order chi connectivity index (χ1) is 13.1. The third kappa shape index (κ3) is 2.74. The van der Waals surface area contributed by atoms with Gasteiger partial charge < -0.3 is 5.32 Å². The first-order valence-corrected chi connectivity index (χ1v) is 9.64. The maximum Gasteiger partial charge on any atom is 0.286 e. The summed E-state index contributed by atoms with van der Waals surface area (Å²) in [6.45, 7) is 1.77. The normalized spacial score (nSPS) is 15.8. The van der Waals surface area contributed by atoms with Crippen molar-refractivity contribution >= 4 is 32.5 Å². The van der Waals surface area contributed by atoms with Crippen LogP contribution in [0.15, 0.2) is 29.3 Å². The number of halogens is 1. The molecule has 9 heteroatoms. The van der Waals surface area contributed by atoms with Crippen molar-refractivity contribution in [2.75, 3.05) is 13.1 Å². The molecule has 138 valence electrons. The van der Waals surface area contributed by atoms with Crippen LogP contribution in [-0.2, 0) is 7.05 Å². The molecule has 0 saturated carbocycles. The van der Waals surface area contributed by atoms with E-state index in [2.05, 4.69) is 20.5 Å². The lowest BCUT2D eigenvalue weighted by Gasteiger charge is -2.23. The van der Waals surface area contributed by atoms with Crippen LogP contribution >= 0.6 is 11.3 Å². The van der Waals surface area contributed by atoms with E-state index in [0.29, 0.717) is 31.7 Å². The lowest BCUT2D eigenvalue weighted by atomic mass is 10.1. The molecule has 3 aromatic heterocycles. The highest BCUT2D eigenvalue weighted by Crippen LogP contribution is 2.31. The molecule has 1 saturated heterocycles. The molecular weight excluding hydrogens is 367 g/mol. The van der Waals surface area contributed by atoms with Gasteiger partial charge in [-0.2, -0.15) is 10.2 Å². The van der Waals surface area contributed by atoms with Crippen LogP contribution in [0.25, 0.3) is 31.7 Å². The number of thiazole rings is 1. The fourth-order valence-corrected chi connectivity index (χ4v) is 4.57. The second-order valence-corrected chi connectivity index (χ2v) is 7.81. The molecule has 0 bridgehead atoms. The summed E-state index contributed by atoms with van der Waals surface area (Å²) in [5, 5.41) is 13.1. The Morgan fingerprint density at radius 3 is 2.93 bits per heavy atom. The topological polar surface area (TPSA) is 77.6 Å². The molecule has 0 aliphatic carbocycles. The molecule has 5 rings (SSSR count). The SMILES string of the molecule is Cn1cc2cc(-c3nc4cnn(C5CCNCC5)c(=O)c4s3)cc(F)c2n1. The van der Waals surface area contributed by atoms with Gasteiger partial charge in [-0.25, -0.2) is 14.1 Å². The van der Waals surface area contributed by atoms with Crippen molar-refractivity contribution in [3.05, 3.63) is 40.7 Å². The minimum atomic E-state index is -0.396. The lowest BCUT2D eigenvalue weighted by Crippen LogP contribution is -2.35. The Balaban J connectivity index is 1.62. The van der Waals surface area contributed by atoms with E-state index >= 15 is 0 Å². The van der Waals surface area contributed by atoms with Crippen molar-refractivity contribution in [1.29, 1.82) is 0 Å². The van der Waals surface area contributed by atoms with Gasteiger partial charge in [-0.15, -0.1) is 11.3 Å². The summed E-state index contributed by atoms with van der Waals surface area (Å²) in [6.07, 6.45) is 5.17. The van der Waals surface area contributed by atoms with Crippen molar-refractivity contribution < 1.29 is 4.39 Å². The number of hydrogen-bond acceptors (Lipinski definition) is 6. The Kier molecular flexibility index (Phi) is 3.80. The molecule has 1 fully saturated rings. The fraction of sp³-hybridized carbons (Fsp3) is 0.333. The van der Waals surface area contributed by atoms with E-state index in [1.807, 2.05) is 6.07 Å². The van der Waals surface area contributed by atoms with Crippen molar-refractivity contribution in [1.82, 2.24) is 29.9 Å². The smallest absolute Gasteiger partial charge is 0.286 e. The Hall–Kier alpha value is -2.65. The molecule has 1 aliphatic heterocycles. The summed E-state index contributed by atoms with van der Waals surface area (Å²) < 4.78 is 18.1. The zero-order chi connectivity index (χ0) is 18.5. The van der Waals surface area contributed by atoms with Crippen molar-refractivity contribution in [3.63, 3.8) is 0 Å². The van der Waals surface area contributed by atoms with Crippen LogP contribution in [0.3, 0.4) is 0 Å². The van der Waals surface area contributed by atoms with Gasteiger partial charge in [0.15, 0.2) is 5.82 Å². The predicted octanol–water partition coefficient (Wildman–Crippen LogP) is 2.47. The van der Waals surface area contributed by atoms with Crippen LogP contribution in [0.2, 0.25) is 0 Å². The van der Waals surface area contributed by atoms with Crippen LogP contribution < -0.4 is 10.9 Å². The molecule has 0 radical (unpaired) electrons. The average molecular weight is 384 g/mol. The summed E-state index contributed by atoms with van der Waals surface area (Å²) >= 11 is 1.29. The number of aromatic nitrogens is 5. The van der Waals surface area contributed by atoms with Crippen molar-refractivity contribution in [3.8, 4) is 10.6 Å². The van der Waals surface area contributed by atoms with Gasteiger partial charge in [0.25, 0.3) is 5.56 Å². The van der Waals surface area contributed by atoms with Gasteiger partial charge in [0.2, 0.25) is 0 Å². The highest BCUT2D eigenvalue weighted by atomic mass is 32.1. The molecule has 4 aromatic rings. The van der Waals surface area contributed by atoms with E-state index in [1.54, 1.807) is 28.8 Å². The van der Waals surface area contributed by atoms with E-state index in [9.17, 15) is 9.18 Å². The monoisotopic (exact) mass is 384 g/mol. The second kappa shape index (κ2) is 6.21. The summed E-state index contributed by atoms with van der Waals surface area (Å²) in [5.74, 6) is -0.396. The molecule has 0 atom stereocenters. The molecule has 4 heterocycles. The number of hydrogen-bond donors (Lipinski definition) is 1. The minimum Gasteiger partial charge on any atom is -0.317 e. The number of fused-ring (bicyclic) bond motifs is 2.